The molecule has 1 aliphatic rings. The maximum atomic E-state index is 12.5. The molecule has 158 valence electrons. The lowest BCUT2D eigenvalue weighted by molar-refractivity contribution is -0.117. The van der Waals surface area contributed by atoms with Crippen molar-refractivity contribution in [3.8, 4) is 5.75 Å². The number of hydrogen-bond acceptors (Lipinski definition) is 5. The van der Waals surface area contributed by atoms with Crippen molar-refractivity contribution in [2.24, 2.45) is 0 Å². The number of aromatic nitrogens is 1. The second-order valence-corrected chi connectivity index (χ2v) is 8.27. The molecule has 1 aliphatic heterocycles. The van der Waals surface area contributed by atoms with E-state index in [9.17, 15) is 9.59 Å². The molecule has 0 spiro atoms. The first-order valence-corrected chi connectivity index (χ1v) is 11.0. The van der Waals surface area contributed by atoms with Gasteiger partial charge in [0.2, 0.25) is 11.8 Å². The fraction of sp³-hybridized carbons (Fsp3) is 0.208. The maximum Gasteiger partial charge on any atom is 0.248 e. The Morgan fingerprint density at radius 2 is 2.13 bits per heavy atom. The average Bonchev–Trinajstić information content (AvgIpc) is 3.39. The molecule has 1 fully saturated rings. The third-order valence-electron chi connectivity index (χ3n) is 4.86. The molecule has 1 aromatic heterocycles. The zero-order chi connectivity index (χ0) is 21.6. The van der Waals surface area contributed by atoms with Crippen molar-refractivity contribution >= 4 is 40.6 Å². The van der Waals surface area contributed by atoms with E-state index in [2.05, 4.69) is 10.3 Å². The summed E-state index contributed by atoms with van der Waals surface area (Å²) < 4.78 is 5.80. The molecule has 7 heteroatoms. The molecule has 0 saturated carbocycles. The summed E-state index contributed by atoms with van der Waals surface area (Å²) >= 11 is 1.60. The lowest BCUT2D eigenvalue weighted by Crippen LogP contribution is -2.25. The number of carbonyl (C=O) groups excluding carboxylic acids is 2. The fourth-order valence-corrected chi connectivity index (χ4v) is 4.00. The maximum absolute atomic E-state index is 12.5. The highest BCUT2D eigenvalue weighted by molar-refractivity contribution is 7.09. The van der Waals surface area contributed by atoms with Crippen LogP contribution in [0, 0.1) is 6.92 Å². The smallest absolute Gasteiger partial charge is 0.248 e. The molecule has 2 amide bonds. The van der Waals surface area contributed by atoms with Gasteiger partial charge in [-0.25, -0.2) is 4.98 Å². The first-order valence-electron chi connectivity index (χ1n) is 10.1. The Balaban J connectivity index is 1.39. The number of nitrogens with one attached hydrogen (secondary N) is 1. The van der Waals surface area contributed by atoms with E-state index >= 15 is 0 Å². The molecule has 2 heterocycles. The largest absolute Gasteiger partial charge is 0.487 e. The highest BCUT2D eigenvalue weighted by Crippen LogP contribution is 2.29. The van der Waals surface area contributed by atoms with Crippen molar-refractivity contribution in [3.63, 3.8) is 0 Å². The number of carbonyl (C=O) groups is 2. The molecule has 3 aromatic rings. The van der Waals surface area contributed by atoms with Crippen LogP contribution < -0.4 is 15.0 Å². The Kier molecular flexibility index (Phi) is 6.43. The monoisotopic (exact) mass is 433 g/mol. The van der Waals surface area contributed by atoms with Crippen LogP contribution in [0.3, 0.4) is 0 Å². The summed E-state index contributed by atoms with van der Waals surface area (Å²) in [4.78, 5) is 30.7. The summed E-state index contributed by atoms with van der Waals surface area (Å²) in [5.41, 5.74) is 3.12. The Hall–Kier alpha value is -3.45. The molecule has 0 aliphatic carbocycles. The number of hydrogen-bond donors (Lipinski definition) is 1. The van der Waals surface area contributed by atoms with Gasteiger partial charge in [0.25, 0.3) is 0 Å². The number of nitrogens with zero attached hydrogens (tertiary/aromatic N) is 2. The van der Waals surface area contributed by atoms with Gasteiger partial charge in [-0.2, -0.15) is 0 Å². The quantitative estimate of drug-likeness (QED) is 0.543. The van der Waals surface area contributed by atoms with Gasteiger partial charge >= 0.3 is 0 Å². The Bertz CT molecular complexity index is 1120. The van der Waals surface area contributed by atoms with Crippen LogP contribution in [-0.2, 0) is 16.2 Å². The number of rotatable bonds is 7. The highest BCUT2D eigenvalue weighted by atomic mass is 32.1. The van der Waals surface area contributed by atoms with Crippen LogP contribution in [0.5, 0.6) is 5.75 Å². The number of ether oxygens (including phenoxy) is 1. The fourth-order valence-electron chi connectivity index (χ4n) is 3.40. The molecule has 1 saturated heterocycles. The second-order valence-electron chi connectivity index (χ2n) is 7.21. The van der Waals surface area contributed by atoms with Gasteiger partial charge < -0.3 is 15.0 Å². The zero-order valence-electron chi connectivity index (χ0n) is 17.2. The standard InChI is InChI=1S/C24H23N3O3S/c1-17-25-19(16-31-17)15-30-20-7-4-6-18(14-20)11-12-23(28)26-21-8-2-3-9-22(21)27-13-5-10-24(27)29/h2-4,6-9,11-12,14,16H,5,10,13,15H2,1H3,(H,26,28)/b12-11+. The van der Waals surface area contributed by atoms with E-state index in [4.69, 9.17) is 4.74 Å². The molecule has 0 radical (unpaired) electrons. The minimum absolute atomic E-state index is 0.0851. The molecule has 4 rings (SSSR count). The Labute approximate surface area is 185 Å². The number of benzene rings is 2. The topological polar surface area (TPSA) is 71.5 Å². The third kappa shape index (κ3) is 5.38. The van der Waals surface area contributed by atoms with Gasteiger partial charge in [-0.15, -0.1) is 11.3 Å². The van der Waals surface area contributed by atoms with Crippen LogP contribution in [0.2, 0.25) is 0 Å². The van der Waals surface area contributed by atoms with Crippen LogP contribution in [0.15, 0.2) is 60.0 Å². The first kappa shape index (κ1) is 20.8. The van der Waals surface area contributed by atoms with Crippen molar-refractivity contribution in [2.75, 3.05) is 16.8 Å². The zero-order valence-corrected chi connectivity index (χ0v) is 18.0. The van der Waals surface area contributed by atoms with Gasteiger partial charge in [0, 0.05) is 24.4 Å². The van der Waals surface area contributed by atoms with Crippen molar-refractivity contribution in [1.82, 2.24) is 4.98 Å². The van der Waals surface area contributed by atoms with E-state index in [-0.39, 0.29) is 11.8 Å². The Morgan fingerprint density at radius 1 is 1.26 bits per heavy atom. The van der Waals surface area contributed by atoms with Crippen LogP contribution >= 0.6 is 11.3 Å². The second kappa shape index (κ2) is 9.57. The minimum atomic E-state index is -0.261. The molecule has 0 atom stereocenters. The van der Waals surface area contributed by atoms with Gasteiger partial charge in [0.15, 0.2) is 0 Å². The van der Waals surface area contributed by atoms with Gasteiger partial charge in [0.05, 0.1) is 22.1 Å². The predicted octanol–water partition coefficient (Wildman–Crippen LogP) is 4.81. The molecule has 6 nitrogen and oxygen atoms in total. The van der Waals surface area contributed by atoms with Gasteiger partial charge in [-0.1, -0.05) is 24.3 Å². The van der Waals surface area contributed by atoms with Gasteiger partial charge in [-0.05, 0) is 49.2 Å². The van der Waals surface area contributed by atoms with Crippen molar-refractivity contribution in [3.05, 3.63) is 76.3 Å². The normalized spacial score (nSPS) is 13.7. The van der Waals surface area contributed by atoms with Crippen molar-refractivity contribution in [2.45, 2.75) is 26.4 Å². The SMILES string of the molecule is Cc1nc(COc2cccc(/C=C/C(=O)Nc3ccccc3N3CCCC3=O)c2)cs1. The molecule has 31 heavy (non-hydrogen) atoms. The molecule has 1 N–H and O–H groups in total. The van der Waals surface area contributed by atoms with Crippen molar-refractivity contribution in [1.29, 1.82) is 0 Å². The molecular formula is C24H23N3O3S. The number of para-hydroxylation sites is 2. The first-order chi connectivity index (χ1) is 15.1. The highest BCUT2D eigenvalue weighted by Gasteiger charge is 2.23. The van der Waals surface area contributed by atoms with E-state index in [1.54, 1.807) is 28.4 Å². The summed E-state index contributed by atoms with van der Waals surface area (Å²) in [6.07, 6.45) is 4.59. The van der Waals surface area contributed by atoms with Crippen LogP contribution in [-0.4, -0.2) is 23.3 Å². The predicted molar refractivity (Wildman–Crippen MR) is 123 cm³/mol. The molecular weight excluding hydrogens is 410 g/mol. The van der Waals surface area contributed by atoms with E-state index in [0.29, 0.717) is 31.0 Å². The lowest BCUT2D eigenvalue weighted by atomic mass is 10.2. The average molecular weight is 434 g/mol. The Morgan fingerprint density at radius 3 is 2.90 bits per heavy atom. The van der Waals surface area contributed by atoms with Crippen LogP contribution in [0.4, 0.5) is 11.4 Å². The minimum Gasteiger partial charge on any atom is -0.487 e. The van der Waals surface area contributed by atoms with Crippen molar-refractivity contribution < 1.29 is 14.3 Å². The molecule has 0 unspecified atom stereocenters. The van der Waals surface area contributed by atoms with Gasteiger partial charge in [-0.3, -0.25) is 9.59 Å². The number of aryl methyl sites for hydroxylation is 1. The third-order valence-corrected chi connectivity index (χ3v) is 5.69. The molecule has 0 bridgehead atoms. The van der Waals surface area contributed by atoms with E-state index in [1.807, 2.05) is 54.8 Å². The van der Waals surface area contributed by atoms with E-state index in [0.717, 1.165) is 28.4 Å². The number of thiazole rings is 1. The summed E-state index contributed by atoms with van der Waals surface area (Å²) in [6, 6.07) is 14.9. The van der Waals surface area contributed by atoms with Crippen LogP contribution in [0.1, 0.15) is 29.1 Å². The summed E-state index contributed by atoms with van der Waals surface area (Å²) in [6.45, 7) is 3.05. The van der Waals surface area contributed by atoms with E-state index < -0.39 is 0 Å². The molecule has 2 aromatic carbocycles. The van der Waals surface area contributed by atoms with E-state index in [1.165, 1.54) is 6.08 Å². The summed E-state index contributed by atoms with van der Waals surface area (Å²) in [7, 11) is 0. The summed E-state index contributed by atoms with van der Waals surface area (Å²) in [5.74, 6) is 0.538. The van der Waals surface area contributed by atoms with Gasteiger partial charge in [0.1, 0.15) is 12.4 Å². The van der Waals surface area contributed by atoms with Crippen LogP contribution in [0.25, 0.3) is 6.08 Å². The number of amides is 2. The lowest BCUT2D eigenvalue weighted by Gasteiger charge is -2.19. The number of anilines is 2. The summed E-state index contributed by atoms with van der Waals surface area (Å²) in [5, 5.41) is 5.88.